The Morgan fingerprint density at radius 1 is 1.73 bits per heavy atom. The average molecular weight is 189 g/mol. The van der Waals surface area contributed by atoms with Gasteiger partial charge in [-0.25, -0.2) is 4.79 Å². The van der Waals surface area contributed by atoms with Gasteiger partial charge in [0, 0.05) is 4.88 Å². The number of thiophene rings is 1. The Bertz CT molecular complexity index is 277. The van der Waals surface area contributed by atoms with E-state index in [1.165, 1.54) is 17.4 Å². The van der Waals surface area contributed by atoms with E-state index in [1.807, 2.05) is 11.4 Å². The first-order valence-electron chi connectivity index (χ1n) is 2.84. The van der Waals surface area contributed by atoms with E-state index < -0.39 is 5.97 Å². The Hall–Kier alpha value is -0.800. The molecule has 0 aromatic carbocycles. The van der Waals surface area contributed by atoms with Gasteiger partial charge in [-0.1, -0.05) is 17.7 Å². The van der Waals surface area contributed by atoms with E-state index in [9.17, 15) is 4.79 Å². The molecule has 58 valence electrons. The van der Waals surface area contributed by atoms with Gasteiger partial charge < -0.3 is 5.11 Å². The minimum absolute atomic E-state index is 0.160. The number of hydrogen-bond donors (Lipinski definition) is 1. The second kappa shape index (κ2) is 3.55. The van der Waals surface area contributed by atoms with Crippen LogP contribution in [0.15, 0.2) is 22.5 Å². The highest BCUT2D eigenvalue weighted by Gasteiger charge is 2.01. The lowest BCUT2D eigenvalue weighted by molar-refractivity contribution is -0.131. The van der Waals surface area contributed by atoms with E-state index in [4.69, 9.17) is 16.7 Å². The van der Waals surface area contributed by atoms with E-state index in [1.54, 1.807) is 6.07 Å². The zero-order valence-electron chi connectivity index (χ0n) is 5.45. The van der Waals surface area contributed by atoms with Crippen molar-refractivity contribution >= 4 is 35.0 Å². The van der Waals surface area contributed by atoms with Gasteiger partial charge in [0.2, 0.25) is 0 Å². The van der Waals surface area contributed by atoms with Crippen LogP contribution >= 0.6 is 22.9 Å². The lowest BCUT2D eigenvalue weighted by Crippen LogP contribution is -1.92. The molecule has 4 heteroatoms. The third-order valence-electron chi connectivity index (χ3n) is 1.02. The summed E-state index contributed by atoms with van der Waals surface area (Å²) >= 11 is 6.82. The molecule has 0 radical (unpaired) electrons. The minimum Gasteiger partial charge on any atom is -0.477 e. The van der Waals surface area contributed by atoms with Crippen molar-refractivity contribution in [2.24, 2.45) is 0 Å². The van der Waals surface area contributed by atoms with Crippen LogP contribution < -0.4 is 0 Å². The summed E-state index contributed by atoms with van der Waals surface area (Å²) in [7, 11) is 0. The highest BCUT2D eigenvalue weighted by atomic mass is 35.5. The number of carboxylic acids is 1. The summed E-state index contributed by atoms with van der Waals surface area (Å²) in [6.45, 7) is 0. The number of rotatable bonds is 2. The van der Waals surface area contributed by atoms with Crippen molar-refractivity contribution < 1.29 is 9.90 Å². The van der Waals surface area contributed by atoms with Gasteiger partial charge in [0.15, 0.2) is 0 Å². The van der Waals surface area contributed by atoms with Gasteiger partial charge in [-0.2, -0.15) is 0 Å². The molecule has 0 aliphatic carbocycles. The topological polar surface area (TPSA) is 37.3 Å². The second-order valence-electron chi connectivity index (χ2n) is 1.81. The summed E-state index contributed by atoms with van der Waals surface area (Å²) in [5.74, 6) is -1.10. The van der Waals surface area contributed by atoms with Crippen molar-refractivity contribution in [2.45, 2.75) is 0 Å². The fraction of sp³-hybridized carbons (Fsp3) is 0. The highest BCUT2D eigenvalue weighted by Crippen LogP contribution is 2.15. The van der Waals surface area contributed by atoms with Crippen LogP contribution in [0.3, 0.4) is 0 Å². The van der Waals surface area contributed by atoms with Gasteiger partial charge in [-0.15, -0.1) is 11.3 Å². The van der Waals surface area contributed by atoms with Crippen molar-refractivity contribution in [1.29, 1.82) is 0 Å². The molecule has 0 aliphatic heterocycles. The first-order chi connectivity index (χ1) is 5.20. The standard InChI is InChI=1S/C7H5ClO2S/c8-6(7(9)10)4-5-2-1-3-11-5/h1-4H,(H,9,10)/b6-4+. The summed E-state index contributed by atoms with van der Waals surface area (Å²) in [5, 5.41) is 10.1. The van der Waals surface area contributed by atoms with Crippen molar-refractivity contribution in [3.63, 3.8) is 0 Å². The molecule has 1 aromatic heterocycles. The Balaban J connectivity index is 2.82. The summed E-state index contributed by atoms with van der Waals surface area (Å²) in [4.78, 5) is 11.1. The summed E-state index contributed by atoms with van der Waals surface area (Å²) in [6, 6.07) is 3.64. The number of carbonyl (C=O) groups is 1. The Labute approximate surface area is 72.7 Å². The van der Waals surface area contributed by atoms with E-state index in [0.29, 0.717) is 0 Å². The van der Waals surface area contributed by atoms with E-state index in [2.05, 4.69) is 0 Å². The number of carboxylic acid groups (broad SMARTS) is 1. The third-order valence-corrected chi connectivity index (χ3v) is 2.11. The maximum Gasteiger partial charge on any atom is 0.347 e. The summed E-state index contributed by atoms with van der Waals surface area (Å²) < 4.78 is 0. The van der Waals surface area contributed by atoms with E-state index in [0.717, 1.165) is 4.88 Å². The normalized spacial score (nSPS) is 11.5. The quantitative estimate of drug-likeness (QED) is 0.724. The molecule has 0 amide bonds. The lowest BCUT2D eigenvalue weighted by atomic mass is 10.4. The van der Waals surface area contributed by atoms with Gasteiger partial charge in [0.05, 0.1) is 0 Å². The molecule has 0 spiro atoms. The minimum atomic E-state index is -1.10. The van der Waals surface area contributed by atoms with Crippen molar-refractivity contribution in [2.75, 3.05) is 0 Å². The molecule has 1 rings (SSSR count). The molecule has 0 aliphatic rings. The summed E-state index contributed by atoms with van der Waals surface area (Å²) in [5.41, 5.74) is 0. The van der Waals surface area contributed by atoms with Crippen LogP contribution in [0.5, 0.6) is 0 Å². The Morgan fingerprint density at radius 2 is 2.45 bits per heavy atom. The van der Waals surface area contributed by atoms with Crippen molar-refractivity contribution in [3.05, 3.63) is 27.4 Å². The van der Waals surface area contributed by atoms with Crippen LogP contribution in [0, 0.1) is 0 Å². The molecule has 1 heterocycles. The third kappa shape index (κ3) is 2.37. The SMILES string of the molecule is O=C(O)/C(Cl)=C\c1cccs1. The van der Waals surface area contributed by atoms with Crippen LogP contribution in [-0.4, -0.2) is 11.1 Å². The molecule has 2 nitrogen and oxygen atoms in total. The molecule has 11 heavy (non-hydrogen) atoms. The molecule has 1 N–H and O–H groups in total. The van der Waals surface area contributed by atoms with Gasteiger partial charge in [0.1, 0.15) is 5.03 Å². The van der Waals surface area contributed by atoms with Gasteiger partial charge >= 0.3 is 5.97 Å². The molecule has 1 aromatic rings. The molecule has 0 unspecified atom stereocenters. The maximum absolute atomic E-state index is 10.2. The number of hydrogen-bond acceptors (Lipinski definition) is 2. The van der Waals surface area contributed by atoms with Gasteiger partial charge in [-0.3, -0.25) is 0 Å². The molecule has 0 bridgehead atoms. The van der Waals surface area contributed by atoms with E-state index >= 15 is 0 Å². The molecule has 0 atom stereocenters. The number of aliphatic carboxylic acids is 1. The molecular formula is C7H5ClO2S. The number of halogens is 1. The van der Waals surface area contributed by atoms with Crippen LogP contribution in [0.1, 0.15) is 4.88 Å². The predicted molar refractivity (Wildman–Crippen MR) is 45.8 cm³/mol. The van der Waals surface area contributed by atoms with Crippen LogP contribution in [-0.2, 0) is 4.79 Å². The Kier molecular flexibility index (Phi) is 2.68. The first-order valence-corrected chi connectivity index (χ1v) is 4.10. The van der Waals surface area contributed by atoms with Crippen molar-refractivity contribution in [1.82, 2.24) is 0 Å². The second-order valence-corrected chi connectivity index (χ2v) is 3.20. The van der Waals surface area contributed by atoms with Crippen LogP contribution in [0.2, 0.25) is 0 Å². The van der Waals surface area contributed by atoms with Crippen LogP contribution in [0.25, 0.3) is 6.08 Å². The molecule has 0 saturated carbocycles. The van der Waals surface area contributed by atoms with Crippen LogP contribution in [0.4, 0.5) is 0 Å². The fourth-order valence-corrected chi connectivity index (χ4v) is 1.40. The van der Waals surface area contributed by atoms with Gasteiger partial charge in [0.25, 0.3) is 0 Å². The monoisotopic (exact) mass is 188 g/mol. The predicted octanol–water partition coefficient (Wildman–Crippen LogP) is 2.41. The first kappa shape index (κ1) is 8.30. The average Bonchev–Trinajstić information content (AvgIpc) is 2.39. The smallest absolute Gasteiger partial charge is 0.347 e. The highest BCUT2D eigenvalue weighted by molar-refractivity contribution is 7.10. The van der Waals surface area contributed by atoms with Gasteiger partial charge in [-0.05, 0) is 17.5 Å². The molecule has 0 fully saturated rings. The van der Waals surface area contributed by atoms with E-state index in [-0.39, 0.29) is 5.03 Å². The fourth-order valence-electron chi connectivity index (χ4n) is 0.560. The van der Waals surface area contributed by atoms with Crippen molar-refractivity contribution in [3.8, 4) is 0 Å². The Morgan fingerprint density at radius 3 is 2.91 bits per heavy atom. The molecule has 0 saturated heterocycles. The largest absolute Gasteiger partial charge is 0.477 e. The zero-order valence-corrected chi connectivity index (χ0v) is 7.02. The summed E-state index contributed by atoms with van der Waals surface area (Å²) in [6.07, 6.45) is 1.43. The lowest BCUT2D eigenvalue weighted by Gasteiger charge is -1.86. The zero-order chi connectivity index (χ0) is 8.27. The maximum atomic E-state index is 10.2. The molecular weight excluding hydrogens is 184 g/mol.